The monoisotopic (exact) mass is 523 g/mol. The Kier molecular flexibility index (Phi) is 11.0. The number of alkyl halides is 2. The molecule has 0 spiro atoms. The van der Waals surface area contributed by atoms with E-state index in [1.165, 1.54) is 12.1 Å². The number of nitrogens with one attached hydrogen (secondary N) is 1. The molecular formula is C19H24F2IN3O2S. The zero-order valence-corrected chi connectivity index (χ0v) is 18.8. The smallest absolute Gasteiger partial charge is 0.387 e. The van der Waals surface area contributed by atoms with Crippen molar-refractivity contribution >= 4 is 40.7 Å². The van der Waals surface area contributed by atoms with E-state index in [4.69, 9.17) is 0 Å². The highest BCUT2D eigenvalue weighted by Gasteiger charge is 2.09. The number of hydrogen-bond donors (Lipinski definition) is 1. The SMILES string of the molecule is CN=C(NCCS(=O)c1ccccc1)N(C)Cc1ccc(OC(F)F)cc1.I. The van der Waals surface area contributed by atoms with Crippen LogP contribution in [-0.2, 0) is 17.3 Å². The van der Waals surface area contributed by atoms with Crippen molar-refractivity contribution in [2.75, 3.05) is 26.4 Å². The second kappa shape index (κ2) is 12.7. The summed E-state index contributed by atoms with van der Waals surface area (Å²) in [5.41, 5.74) is 0.926. The van der Waals surface area contributed by atoms with Gasteiger partial charge in [0.15, 0.2) is 5.96 Å². The summed E-state index contributed by atoms with van der Waals surface area (Å²) < 4.78 is 41.0. The van der Waals surface area contributed by atoms with Crippen molar-refractivity contribution in [3.05, 3.63) is 60.2 Å². The fraction of sp³-hybridized carbons (Fsp3) is 0.316. The molecular weight excluding hydrogens is 499 g/mol. The molecule has 1 N–H and O–H groups in total. The molecule has 9 heteroatoms. The van der Waals surface area contributed by atoms with Crippen molar-refractivity contribution in [1.29, 1.82) is 0 Å². The molecule has 0 heterocycles. The molecule has 0 saturated heterocycles. The topological polar surface area (TPSA) is 53.9 Å². The third kappa shape index (κ3) is 8.09. The van der Waals surface area contributed by atoms with Gasteiger partial charge in [0, 0.05) is 37.8 Å². The molecule has 0 amide bonds. The first-order valence-corrected chi connectivity index (χ1v) is 9.70. The van der Waals surface area contributed by atoms with Crippen LogP contribution in [0.5, 0.6) is 5.75 Å². The average molecular weight is 523 g/mol. The van der Waals surface area contributed by atoms with Crippen molar-refractivity contribution in [2.24, 2.45) is 4.99 Å². The van der Waals surface area contributed by atoms with E-state index in [9.17, 15) is 13.0 Å². The van der Waals surface area contributed by atoms with Gasteiger partial charge in [0.2, 0.25) is 0 Å². The van der Waals surface area contributed by atoms with Gasteiger partial charge in [-0.15, -0.1) is 24.0 Å². The lowest BCUT2D eigenvalue weighted by Crippen LogP contribution is -2.40. The lowest BCUT2D eigenvalue weighted by atomic mass is 10.2. The minimum absolute atomic E-state index is 0. The predicted octanol–water partition coefficient (Wildman–Crippen LogP) is 3.72. The number of benzene rings is 2. The summed E-state index contributed by atoms with van der Waals surface area (Å²) >= 11 is 0. The minimum atomic E-state index is -2.83. The number of rotatable bonds is 8. The fourth-order valence-corrected chi connectivity index (χ4v) is 3.44. The summed E-state index contributed by atoms with van der Waals surface area (Å²) in [6.07, 6.45) is 0. The summed E-state index contributed by atoms with van der Waals surface area (Å²) in [5, 5.41) is 3.19. The molecule has 0 radical (unpaired) electrons. The molecule has 1 atom stereocenters. The molecule has 0 saturated carbocycles. The highest BCUT2D eigenvalue weighted by atomic mass is 127. The third-order valence-electron chi connectivity index (χ3n) is 3.72. The van der Waals surface area contributed by atoms with Crippen molar-refractivity contribution in [2.45, 2.75) is 18.1 Å². The van der Waals surface area contributed by atoms with Crippen LogP contribution in [0.1, 0.15) is 5.56 Å². The average Bonchev–Trinajstić information content (AvgIpc) is 2.67. The Morgan fingerprint density at radius 1 is 1.18 bits per heavy atom. The van der Waals surface area contributed by atoms with Crippen molar-refractivity contribution in [3.8, 4) is 5.75 Å². The predicted molar refractivity (Wildman–Crippen MR) is 119 cm³/mol. The molecule has 0 bridgehead atoms. The minimum Gasteiger partial charge on any atom is -0.435 e. The first-order valence-electron chi connectivity index (χ1n) is 8.38. The Morgan fingerprint density at radius 2 is 1.82 bits per heavy atom. The normalized spacial score (nSPS) is 12.2. The Bertz CT molecular complexity index is 762. The van der Waals surface area contributed by atoms with E-state index in [2.05, 4.69) is 15.0 Å². The van der Waals surface area contributed by atoms with E-state index in [-0.39, 0.29) is 29.7 Å². The van der Waals surface area contributed by atoms with Gasteiger partial charge in [-0.25, -0.2) is 0 Å². The maximum atomic E-state index is 12.2. The van der Waals surface area contributed by atoms with Gasteiger partial charge in [0.25, 0.3) is 0 Å². The number of halogens is 3. The van der Waals surface area contributed by atoms with Crippen LogP contribution >= 0.6 is 24.0 Å². The van der Waals surface area contributed by atoms with Gasteiger partial charge in [0.05, 0.1) is 10.8 Å². The van der Waals surface area contributed by atoms with E-state index < -0.39 is 17.4 Å². The van der Waals surface area contributed by atoms with Crippen LogP contribution in [0.15, 0.2) is 64.5 Å². The van der Waals surface area contributed by atoms with Gasteiger partial charge in [-0.1, -0.05) is 30.3 Å². The van der Waals surface area contributed by atoms with Gasteiger partial charge in [-0.2, -0.15) is 8.78 Å². The van der Waals surface area contributed by atoms with Gasteiger partial charge in [0.1, 0.15) is 5.75 Å². The molecule has 154 valence electrons. The lowest BCUT2D eigenvalue weighted by molar-refractivity contribution is -0.0498. The van der Waals surface area contributed by atoms with Crippen LogP contribution < -0.4 is 10.1 Å². The molecule has 1 unspecified atom stereocenters. The molecule has 0 fully saturated rings. The first kappa shape index (κ1) is 24.3. The van der Waals surface area contributed by atoms with Crippen molar-refractivity contribution in [1.82, 2.24) is 10.2 Å². The van der Waals surface area contributed by atoms with Crippen LogP contribution in [0.2, 0.25) is 0 Å². The Morgan fingerprint density at radius 3 is 2.39 bits per heavy atom. The second-order valence-electron chi connectivity index (χ2n) is 5.72. The highest BCUT2D eigenvalue weighted by Crippen LogP contribution is 2.15. The standard InChI is InChI=1S/C19H23F2N3O2S.HI/c1-22-19(23-12-13-27(25)17-6-4-3-5-7-17)24(2)14-15-8-10-16(11-9-15)26-18(20)21;/h3-11,18H,12-14H2,1-2H3,(H,22,23);1H. The van der Waals surface area contributed by atoms with E-state index >= 15 is 0 Å². The second-order valence-corrected chi connectivity index (χ2v) is 7.29. The van der Waals surface area contributed by atoms with Crippen LogP contribution in [0.4, 0.5) is 8.78 Å². The van der Waals surface area contributed by atoms with Gasteiger partial charge in [-0.3, -0.25) is 9.20 Å². The molecule has 0 aliphatic heterocycles. The molecule has 5 nitrogen and oxygen atoms in total. The molecule has 0 aliphatic carbocycles. The van der Waals surface area contributed by atoms with Crippen LogP contribution in [0.3, 0.4) is 0 Å². The van der Waals surface area contributed by atoms with E-state index in [1.807, 2.05) is 42.3 Å². The van der Waals surface area contributed by atoms with E-state index in [0.717, 1.165) is 10.5 Å². The van der Waals surface area contributed by atoms with Crippen LogP contribution in [0, 0.1) is 0 Å². The number of aliphatic imine (C=N–C) groups is 1. The van der Waals surface area contributed by atoms with Crippen LogP contribution in [0.25, 0.3) is 0 Å². The summed E-state index contributed by atoms with van der Waals surface area (Å²) in [4.78, 5) is 6.92. The zero-order valence-electron chi connectivity index (χ0n) is 15.7. The Hall–Kier alpha value is -1.75. The molecule has 0 aromatic heterocycles. The largest absolute Gasteiger partial charge is 0.435 e. The number of nitrogens with zero attached hydrogens (tertiary/aromatic N) is 2. The van der Waals surface area contributed by atoms with Gasteiger partial charge in [-0.05, 0) is 29.8 Å². The van der Waals surface area contributed by atoms with Crippen molar-refractivity contribution < 1.29 is 17.7 Å². The number of ether oxygens (including phenoxy) is 1. The Balaban J connectivity index is 0.00000392. The van der Waals surface area contributed by atoms with Gasteiger partial charge < -0.3 is 15.0 Å². The summed E-state index contributed by atoms with van der Waals surface area (Å²) in [7, 11) is 2.47. The van der Waals surface area contributed by atoms with Gasteiger partial charge >= 0.3 is 6.61 Å². The van der Waals surface area contributed by atoms with Crippen molar-refractivity contribution in [3.63, 3.8) is 0 Å². The molecule has 28 heavy (non-hydrogen) atoms. The summed E-state index contributed by atoms with van der Waals surface area (Å²) in [6, 6.07) is 15.8. The maximum Gasteiger partial charge on any atom is 0.387 e. The maximum absolute atomic E-state index is 12.2. The van der Waals surface area contributed by atoms with E-state index in [0.29, 0.717) is 24.8 Å². The number of hydrogen-bond acceptors (Lipinski definition) is 3. The van der Waals surface area contributed by atoms with E-state index in [1.54, 1.807) is 19.2 Å². The quantitative estimate of drug-likeness (QED) is 0.326. The lowest BCUT2D eigenvalue weighted by Gasteiger charge is -2.22. The molecule has 2 aromatic rings. The molecule has 0 aliphatic rings. The Labute approximate surface area is 183 Å². The van der Waals surface area contributed by atoms with Crippen LogP contribution in [-0.4, -0.2) is 48.1 Å². The zero-order chi connectivity index (χ0) is 19.6. The first-order chi connectivity index (χ1) is 13.0. The highest BCUT2D eigenvalue weighted by molar-refractivity contribution is 14.0. The summed E-state index contributed by atoms with van der Waals surface area (Å²) in [5.74, 6) is 1.26. The number of guanidine groups is 1. The summed E-state index contributed by atoms with van der Waals surface area (Å²) in [6.45, 7) is -1.78. The molecule has 2 rings (SSSR count). The fourth-order valence-electron chi connectivity index (χ4n) is 2.46. The molecule has 2 aromatic carbocycles. The third-order valence-corrected chi connectivity index (χ3v) is 5.09.